The van der Waals surface area contributed by atoms with Crippen molar-refractivity contribution in [2.45, 2.75) is 32.6 Å². The van der Waals surface area contributed by atoms with Crippen molar-refractivity contribution in [2.24, 2.45) is 5.92 Å². The van der Waals surface area contributed by atoms with E-state index < -0.39 is 10.0 Å². The van der Waals surface area contributed by atoms with Gasteiger partial charge in [-0.15, -0.1) is 0 Å². The summed E-state index contributed by atoms with van der Waals surface area (Å²) in [5.41, 5.74) is 0.809. The Morgan fingerprint density at radius 2 is 2.15 bits per heavy atom. The van der Waals surface area contributed by atoms with Gasteiger partial charge in [-0.2, -0.15) is 0 Å². The Kier molecular flexibility index (Phi) is 8.33. The summed E-state index contributed by atoms with van der Waals surface area (Å²) in [4.78, 5) is 4.14. The molecule has 6 heteroatoms. The highest BCUT2D eigenvalue weighted by molar-refractivity contribution is 9.09. The van der Waals surface area contributed by atoms with Crippen LogP contribution in [0.1, 0.15) is 31.9 Å². The van der Waals surface area contributed by atoms with Crippen LogP contribution in [0.15, 0.2) is 24.4 Å². The van der Waals surface area contributed by atoms with Crippen molar-refractivity contribution in [3.8, 4) is 0 Å². The van der Waals surface area contributed by atoms with Gasteiger partial charge in [0.2, 0.25) is 10.0 Å². The van der Waals surface area contributed by atoms with Crippen LogP contribution >= 0.6 is 15.9 Å². The Hall–Kier alpha value is -0.460. The average Bonchev–Trinajstić information content (AvgIpc) is 2.45. The highest BCUT2D eigenvalue weighted by Crippen LogP contribution is 2.12. The molecule has 4 nitrogen and oxygen atoms in total. The Labute approximate surface area is 130 Å². The molecular weight excluding hydrogens is 340 g/mol. The summed E-state index contributed by atoms with van der Waals surface area (Å²) in [6, 6.07) is 5.54. The van der Waals surface area contributed by atoms with E-state index in [1.165, 1.54) is 0 Å². The van der Waals surface area contributed by atoms with E-state index >= 15 is 0 Å². The molecule has 0 aromatic carbocycles. The fourth-order valence-corrected chi connectivity index (χ4v) is 3.77. The maximum Gasteiger partial charge on any atom is 0.211 e. The van der Waals surface area contributed by atoms with Gasteiger partial charge in [0.25, 0.3) is 0 Å². The van der Waals surface area contributed by atoms with Crippen molar-refractivity contribution in [3.05, 3.63) is 30.1 Å². The number of nitrogens with zero attached hydrogens (tertiary/aromatic N) is 1. The molecule has 0 aliphatic rings. The van der Waals surface area contributed by atoms with Crippen LogP contribution in [0.25, 0.3) is 0 Å². The van der Waals surface area contributed by atoms with E-state index in [2.05, 4.69) is 32.6 Å². The number of alkyl halides is 1. The van der Waals surface area contributed by atoms with Gasteiger partial charge >= 0.3 is 0 Å². The number of rotatable bonds is 10. The molecule has 0 aliphatic carbocycles. The van der Waals surface area contributed by atoms with E-state index in [9.17, 15) is 8.42 Å². The van der Waals surface area contributed by atoms with Gasteiger partial charge in [-0.05, 0) is 30.9 Å². The highest BCUT2D eigenvalue weighted by atomic mass is 79.9. The number of nitrogens with one attached hydrogen (secondary N) is 1. The lowest BCUT2D eigenvalue weighted by Crippen LogP contribution is -2.32. The first-order valence-electron chi connectivity index (χ1n) is 7.00. The predicted molar refractivity (Wildman–Crippen MR) is 86.5 cm³/mol. The molecule has 0 saturated heterocycles. The average molecular weight is 363 g/mol. The van der Waals surface area contributed by atoms with E-state index in [-0.39, 0.29) is 5.75 Å². The molecule has 0 amide bonds. The van der Waals surface area contributed by atoms with Crippen LogP contribution in [-0.4, -0.2) is 31.0 Å². The second-order valence-electron chi connectivity index (χ2n) is 4.87. The molecular formula is C14H23BrN2O2S. The number of halogens is 1. The first-order valence-corrected chi connectivity index (χ1v) is 9.78. The molecule has 1 heterocycles. The van der Waals surface area contributed by atoms with Crippen molar-refractivity contribution in [1.29, 1.82) is 0 Å². The molecule has 0 fully saturated rings. The monoisotopic (exact) mass is 362 g/mol. The van der Waals surface area contributed by atoms with Gasteiger partial charge < -0.3 is 0 Å². The Morgan fingerprint density at radius 1 is 1.35 bits per heavy atom. The standard InChI is InChI=1S/C14H23BrN2O2S/c1-2-5-13(7-9-15)12-17-20(18,19)11-8-14-6-3-4-10-16-14/h3-4,6,10,13,17H,2,5,7-9,11-12H2,1H3. The third-order valence-electron chi connectivity index (χ3n) is 3.16. The molecule has 114 valence electrons. The number of pyridine rings is 1. The van der Waals surface area contributed by atoms with Gasteiger partial charge in [0.05, 0.1) is 5.75 Å². The van der Waals surface area contributed by atoms with Gasteiger partial charge in [-0.1, -0.05) is 35.3 Å². The zero-order chi connectivity index (χ0) is 14.8. The maximum atomic E-state index is 12.0. The lowest BCUT2D eigenvalue weighted by Gasteiger charge is -2.15. The highest BCUT2D eigenvalue weighted by Gasteiger charge is 2.14. The zero-order valence-electron chi connectivity index (χ0n) is 11.9. The Bertz CT molecular complexity index is 459. The molecule has 0 bridgehead atoms. The molecule has 1 atom stereocenters. The predicted octanol–water partition coefficient (Wildman–Crippen LogP) is 2.74. The lowest BCUT2D eigenvalue weighted by molar-refractivity contribution is 0.459. The van der Waals surface area contributed by atoms with E-state index in [1.807, 2.05) is 18.2 Å². The summed E-state index contributed by atoms with van der Waals surface area (Å²) >= 11 is 3.42. The SMILES string of the molecule is CCCC(CCBr)CNS(=O)(=O)CCc1ccccn1. The molecule has 0 radical (unpaired) electrons. The van der Waals surface area contributed by atoms with Gasteiger partial charge in [-0.3, -0.25) is 4.98 Å². The minimum atomic E-state index is -3.22. The minimum absolute atomic E-state index is 0.0944. The Morgan fingerprint density at radius 3 is 2.75 bits per heavy atom. The van der Waals surface area contributed by atoms with Crippen LogP contribution in [0.5, 0.6) is 0 Å². The summed E-state index contributed by atoms with van der Waals surface area (Å²) in [6.45, 7) is 2.65. The van der Waals surface area contributed by atoms with Crippen LogP contribution < -0.4 is 4.72 Å². The number of hydrogen-bond donors (Lipinski definition) is 1. The summed E-state index contributed by atoms with van der Waals surface area (Å²) in [6.07, 6.45) is 5.26. The molecule has 0 spiro atoms. The molecule has 20 heavy (non-hydrogen) atoms. The molecule has 1 unspecified atom stereocenters. The van der Waals surface area contributed by atoms with E-state index in [0.717, 1.165) is 30.3 Å². The van der Waals surface area contributed by atoms with Crippen LogP contribution in [0.4, 0.5) is 0 Å². The van der Waals surface area contributed by atoms with Crippen molar-refractivity contribution in [2.75, 3.05) is 17.6 Å². The molecule has 1 aromatic rings. The first-order chi connectivity index (χ1) is 9.57. The smallest absolute Gasteiger partial charge is 0.211 e. The largest absolute Gasteiger partial charge is 0.261 e. The van der Waals surface area contributed by atoms with Gasteiger partial charge in [0, 0.05) is 30.2 Å². The Balaban J connectivity index is 2.40. The number of aromatic nitrogens is 1. The fourth-order valence-electron chi connectivity index (χ4n) is 2.01. The van der Waals surface area contributed by atoms with E-state index in [0.29, 0.717) is 18.9 Å². The fraction of sp³-hybridized carbons (Fsp3) is 0.643. The maximum absolute atomic E-state index is 12.0. The second-order valence-corrected chi connectivity index (χ2v) is 7.59. The number of hydrogen-bond acceptors (Lipinski definition) is 3. The molecule has 1 rings (SSSR count). The topological polar surface area (TPSA) is 59.1 Å². The van der Waals surface area contributed by atoms with Crippen molar-refractivity contribution in [1.82, 2.24) is 9.71 Å². The zero-order valence-corrected chi connectivity index (χ0v) is 14.3. The van der Waals surface area contributed by atoms with Crippen LogP contribution in [0.3, 0.4) is 0 Å². The third-order valence-corrected chi connectivity index (χ3v) is 4.97. The van der Waals surface area contributed by atoms with Crippen molar-refractivity contribution < 1.29 is 8.42 Å². The van der Waals surface area contributed by atoms with Crippen molar-refractivity contribution >= 4 is 26.0 Å². The lowest BCUT2D eigenvalue weighted by atomic mass is 10.0. The van der Waals surface area contributed by atoms with Gasteiger partial charge in [0.1, 0.15) is 0 Å². The van der Waals surface area contributed by atoms with Gasteiger partial charge in [0.15, 0.2) is 0 Å². The van der Waals surface area contributed by atoms with Gasteiger partial charge in [-0.25, -0.2) is 13.1 Å². The molecule has 0 aliphatic heterocycles. The van der Waals surface area contributed by atoms with Crippen molar-refractivity contribution in [3.63, 3.8) is 0 Å². The number of aryl methyl sites for hydroxylation is 1. The second kappa shape index (κ2) is 9.47. The van der Waals surface area contributed by atoms with Crippen LogP contribution in [0, 0.1) is 5.92 Å². The quantitative estimate of drug-likeness (QED) is 0.651. The minimum Gasteiger partial charge on any atom is -0.261 e. The third kappa shape index (κ3) is 7.36. The molecule has 0 saturated carbocycles. The molecule has 1 aromatic heterocycles. The normalized spacial score (nSPS) is 13.3. The van der Waals surface area contributed by atoms with E-state index in [1.54, 1.807) is 6.20 Å². The van der Waals surface area contributed by atoms with Crippen LogP contribution in [0.2, 0.25) is 0 Å². The van der Waals surface area contributed by atoms with E-state index in [4.69, 9.17) is 0 Å². The summed E-state index contributed by atoms with van der Waals surface area (Å²) in [5, 5.41) is 0.910. The number of sulfonamides is 1. The first kappa shape index (κ1) is 17.6. The summed E-state index contributed by atoms with van der Waals surface area (Å²) in [5.74, 6) is 0.501. The summed E-state index contributed by atoms with van der Waals surface area (Å²) in [7, 11) is -3.22. The van der Waals surface area contributed by atoms with Crippen LogP contribution in [-0.2, 0) is 16.4 Å². The summed E-state index contributed by atoms with van der Waals surface area (Å²) < 4.78 is 26.7. The molecule has 1 N–H and O–H groups in total.